The van der Waals surface area contributed by atoms with Crippen LogP contribution in [-0.2, 0) is 6.54 Å². The SMILES string of the molecule is CCC1CNC(C)CN1Cc1cccnc1OC. The minimum absolute atomic E-state index is 0.551. The van der Waals surface area contributed by atoms with Gasteiger partial charge < -0.3 is 10.1 Å². The minimum atomic E-state index is 0.551. The molecule has 0 amide bonds. The van der Waals surface area contributed by atoms with Crippen LogP contribution in [0.15, 0.2) is 18.3 Å². The molecule has 4 nitrogen and oxygen atoms in total. The van der Waals surface area contributed by atoms with Crippen molar-refractivity contribution in [3.05, 3.63) is 23.9 Å². The van der Waals surface area contributed by atoms with Crippen LogP contribution in [-0.4, -0.2) is 42.2 Å². The normalized spacial score (nSPS) is 25.1. The van der Waals surface area contributed by atoms with Gasteiger partial charge in [-0.3, -0.25) is 4.90 Å². The molecule has 0 saturated carbocycles. The van der Waals surface area contributed by atoms with E-state index >= 15 is 0 Å². The number of rotatable bonds is 4. The van der Waals surface area contributed by atoms with Gasteiger partial charge in [-0.1, -0.05) is 13.0 Å². The summed E-state index contributed by atoms with van der Waals surface area (Å²) in [6, 6.07) is 5.23. The summed E-state index contributed by atoms with van der Waals surface area (Å²) in [6.07, 6.45) is 2.95. The molecule has 0 radical (unpaired) electrons. The summed E-state index contributed by atoms with van der Waals surface area (Å²) in [5, 5.41) is 3.54. The van der Waals surface area contributed by atoms with Crippen molar-refractivity contribution in [3.8, 4) is 5.88 Å². The Morgan fingerprint density at radius 2 is 2.39 bits per heavy atom. The van der Waals surface area contributed by atoms with Gasteiger partial charge in [0.15, 0.2) is 0 Å². The largest absolute Gasteiger partial charge is 0.481 e. The lowest BCUT2D eigenvalue weighted by molar-refractivity contribution is 0.122. The molecule has 18 heavy (non-hydrogen) atoms. The molecule has 1 aliphatic rings. The van der Waals surface area contributed by atoms with Crippen molar-refractivity contribution in [2.75, 3.05) is 20.2 Å². The molecule has 2 heterocycles. The van der Waals surface area contributed by atoms with E-state index in [1.54, 1.807) is 13.3 Å². The Bertz CT molecular complexity index is 383. The van der Waals surface area contributed by atoms with E-state index in [-0.39, 0.29) is 0 Å². The molecule has 1 aromatic heterocycles. The number of hydrogen-bond acceptors (Lipinski definition) is 4. The van der Waals surface area contributed by atoms with Crippen LogP contribution in [0.2, 0.25) is 0 Å². The summed E-state index contributed by atoms with van der Waals surface area (Å²) in [5.74, 6) is 0.749. The Labute approximate surface area is 109 Å². The molecule has 0 aliphatic carbocycles. The monoisotopic (exact) mass is 249 g/mol. The molecular weight excluding hydrogens is 226 g/mol. The Morgan fingerprint density at radius 1 is 1.56 bits per heavy atom. The van der Waals surface area contributed by atoms with Crippen LogP contribution in [0.25, 0.3) is 0 Å². The van der Waals surface area contributed by atoms with Gasteiger partial charge in [0.2, 0.25) is 5.88 Å². The Balaban J connectivity index is 2.10. The van der Waals surface area contributed by atoms with Gasteiger partial charge >= 0.3 is 0 Å². The first kappa shape index (κ1) is 13.3. The third-order valence-corrected chi connectivity index (χ3v) is 3.61. The van der Waals surface area contributed by atoms with E-state index in [1.807, 2.05) is 6.07 Å². The summed E-state index contributed by atoms with van der Waals surface area (Å²) in [5.41, 5.74) is 1.17. The smallest absolute Gasteiger partial charge is 0.217 e. The number of nitrogens with zero attached hydrogens (tertiary/aromatic N) is 2. The van der Waals surface area contributed by atoms with Crippen LogP contribution in [0, 0.1) is 0 Å². The van der Waals surface area contributed by atoms with Crippen LogP contribution in [0.3, 0.4) is 0 Å². The summed E-state index contributed by atoms with van der Waals surface area (Å²) >= 11 is 0. The highest BCUT2D eigenvalue weighted by atomic mass is 16.5. The molecule has 1 N–H and O–H groups in total. The van der Waals surface area contributed by atoms with Crippen molar-refractivity contribution in [1.82, 2.24) is 15.2 Å². The van der Waals surface area contributed by atoms with E-state index < -0.39 is 0 Å². The highest BCUT2D eigenvalue weighted by Crippen LogP contribution is 2.20. The highest BCUT2D eigenvalue weighted by Gasteiger charge is 2.25. The molecule has 0 spiro atoms. The van der Waals surface area contributed by atoms with Gasteiger partial charge in [0.05, 0.1) is 7.11 Å². The second-order valence-corrected chi connectivity index (χ2v) is 4.97. The number of hydrogen-bond donors (Lipinski definition) is 1. The van der Waals surface area contributed by atoms with Crippen LogP contribution >= 0.6 is 0 Å². The zero-order valence-electron chi connectivity index (χ0n) is 11.5. The fraction of sp³-hybridized carbons (Fsp3) is 0.643. The topological polar surface area (TPSA) is 37.4 Å². The second kappa shape index (κ2) is 6.16. The maximum Gasteiger partial charge on any atom is 0.217 e. The number of aromatic nitrogens is 1. The summed E-state index contributed by atoms with van der Waals surface area (Å²) in [6.45, 7) is 7.55. The molecule has 0 aromatic carbocycles. The third kappa shape index (κ3) is 3.00. The van der Waals surface area contributed by atoms with Gasteiger partial charge in [0.25, 0.3) is 0 Å². The van der Waals surface area contributed by atoms with Crippen LogP contribution in [0.1, 0.15) is 25.8 Å². The number of pyridine rings is 1. The lowest BCUT2D eigenvalue weighted by atomic mass is 10.1. The lowest BCUT2D eigenvalue weighted by Crippen LogP contribution is -2.54. The van der Waals surface area contributed by atoms with Crippen molar-refractivity contribution in [2.24, 2.45) is 0 Å². The van der Waals surface area contributed by atoms with Gasteiger partial charge in [-0.2, -0.15) is 0 Å². The molecule has 1 fully saturated rings. The van der Waals surface area contributed by atoms with Crippen molar-refractivity contribution >= 4 is 0 Å². The molecule has 1 aromatic rings. The molecule has 1 aliphatic heterocycles. The quantitative estimate of drug-likeness (QED) is 0.880. The first-order valence-electron chi connectivity index (χ1n) is 6.70. The third-order valence-electron chi connectivity index (χ3n) is 3.61. The van der Waals surface area contributed by atoms with E-state index in [0.29, 0.717) is 12.1 Å². The van der Waals surface area contributed by atoms with Crippen LogP contribution in [0.5, 0.6) is 5.88 Å². The van der Waals surface area contributed by atoms with Crippen LogP contribution in [0.4, 0.5) is 0 Å². The van der Waals surface area contributed by atoms with Crippen molar-refractivity contribution < 1.29 is 4.74 Å². The van der Waals surface area contributed by atoms with Crippen molar-refractivity contribution in [2.45, 2.75) is 38.9 Å². The fourth-order valence-electron chi connectivity index (χ4n) is 2.57. The van der Waals surface area contributed by atoms with E-state index in [0.717, 1.165) is 25.5 Å². The molecule has 2 atom stereocenters. The van der Waals surface area contributed by atoms with Crippen molar-refractivity contribution in [1.29, 1.82) is 0 Å². The number of methoxy groups -OCH3 is 1. The summed E-state index contributed by atoms with van der Waals surface area (Å²) < 4.78 is 5.33. The maximum absolute atomic E-state index is 5.33. The summed E-state index contributed by atoms with van der Waals surface area (Å²) in [7, 11) is 1.68. The average molecular weight is 249 g/mol. The van der Waals surface area contributed by atoms with Gasteiger partial charge in [-0.15, -0.1) is 0 Å². The first-order chi connectivity index (χ1) is 8.74. The van der Waals surface area contributed by atoms with Crippen LogP contribution < -0.4 is 10.1 Å². The molecule has 100 valence electrons. The van der Waals surface area contributed by atoms with E-state index in [4.69, 9.17) is 4.74 Å². The minimum Gasteiger partial charge on any atom is -0.481 e. The molecule has 2 rings (SSSR count). The molecule has 4 heteroatoms. The van der Waals surface area contributed by atoms with Gasteiger partial charge in [-0.05, 0) is 19.4 Å². The zero-order chi connectivity index (χ0) is 13.0. The Kier molecular flexibility index (Phi) is 4.55. The maximum atomic E-state index is 5.33. The first-order valence-corrected chi connectivity index (χ1v) is 6.70. The average Bonchev–Trinajstić information content (AvgIpc) is 2.40. The fourth-order valence-corrected chi connectivity index (χ4v) is 2.57. The standard InChI is InChI=1S/C14H23N3O/c1-4-13-8-16-11(2)9-17(13)10-12-6-5-7-15-14(12)18-3/h5-7,11,13,16H,4,8-10H2,1-3H3. The molecular formula is C14H23N3O. The second-order valence-electron chi connectivity index (χ2n) is 4.97. The van der Waals surface area contributed by atoms with Crippen molar-refractivity contribution in [3.63, 3.8) is 0 Å². The number of nitrogens with one attached hydrogen (secondary N) is 1. The van der Waals surface area contributed by atoms with Gasteiger partial charge in [-0.25, -0.2) is 4.98 Å². The number of ether oxygens (including phenoxy) is 1. The molecule has 1 saturated heterocycles. The Hall–Kier alpha value is -1.13. The molecule has 2 unspecified atom stereocenters. The predicted molar refractivity (Wildman–Crippen MR) is 72.7 cm³/mol. The zero-order valence-corrected chi connectivity index (χ0v) is 11.5. The molecule has 0 bridgehead atoms. The van der Waals surface area contributed by atoms with E-state index in [2.05, 4.69) is 35.1 Å². The van der Waals surface area contributed by atoms with Gasteiger partial charge in [0.1, 0.15) is 0 Å². The lowest BCUT2D eigenvalue weighted by Gasteiger charge is -2.39. The number of piperazine rings is 1. The predicted octanol–water partition coefficient (Wildman–Crippen LogP) is 1.66. The summed E-state index contributed by atoms with van der Waals surface area (Å²) in [4.78, 5) is 6.80. The van der Waals surface area contributed by atoms with E-state index in [9.17, 15) is 0 Å². The highest BCUT2D eigenvalue weighted by molar-refractivity contribution is 5.25. The van der Waals surface area contributed by atoms with E-state index in [1.165, 1.54) is 12.0 Å². The Morgan fingerprint density at radius 3 is 3.11 bits per heavy atom. The van der Waals surface area contributed by atoms with Gasteiger partial charge in [0, 0.05) is 43.5 Å².